The van der Waals surface area contributed by atoms with E-state index in [2.05, 4.69) is 65.0 Å². The number of piperazine rings is 1. The Bertz CT molecular complexity index is 1070. The predicted octanol–water partition coefficient (Wildman–Crippen LogP) is 3.94. The van der Waals surface area contributed by atoms with Crippen molar-refractivity contribution in [3.05, 3.63) is 82.1 Å². The lowest BCUT2D eigenvalue weighted by Gasteiger charge is -2.37. The van der Waals surface area contributed by atoms with Crippen LogP contribution in [0.5, 0.6) is 0 Å². The van der Waals surface area contributed by atoms with Crippen LogP contribution in [-0.2, 0) is 12.1 Å². The van der Waals surface area contributed by atoms with Gasteiger partial charge < -0.3 is 15.6 Å². The normalized spacial score (nSPS) is 17.6. The van der Waals surface area contributed by atoms with Gasteiger partial charge in [-0.25, -0.2) is 0 Å². The summed E-state index contributed by atoms with van der Waals surface area (Å²) in [6, 6.07) is 20.5. The van der Waals surface area contributed by atoms with E-state index in [1.54, 1.807) is 0 Å². The van der Waals surface area contributed by atoms with E-state index in [0.29, 0.717) is 12.5 Å². The fourth-order valence-corrected chi connectivity index (χ4v) is 4.83. The zero-order chi connectivity index (χ0) is 22.6. The van der Waals surface area contributed by atoms with Gasteiger partial charge in [0.2, 0.25) is 0 Å². The van der Waals surface area contributed by atoms with Crippen molar-refractivity contribution in [1.29, 1.82) is 0 Å². The van der Waals surface area contributed by atoms with Gasteiger partial charge >= 0.3 is 0 Å². The van der Waals surface area contributed by atoms with Gasteiger partial charge in [0, 0.05) is 49.3 Å². The Hall–Kier alpha value is -2.47. The van der Waals surface area contributed by atoms with Gasteiger partial charge in [-0.15, -0.1) is 0 Å². The molecule has 0 saturated carbocycles. The molecule has 32 heavy (non-hydrogen) atoms. The molecule has 170 valence electrons. The zero-order valence-corrected chi connectivity index (χ0v) is 19.4. The molecule has 0 amide bonds. The maximum absolute atomic E-state index is 12.5. The first-order valence-electron chi connectivity index (χ1n) is 11.9. The number of nitrogens with one attached hydrogen (secondary N) is 1. The molecule has 0 radical (unpaired) electrons. The fourth-order valence-electron chi connectivity index (χ4n) is 4.83. The molecule has 1 aliphatic heterocycles. The number of H-pyrrole nitrogens is 1. The summed E-state index contributed by atoms with van der Waals surface area (Å²) in [5.74, 6) is 0.391. The van der Waals surface area contributed by atoms with Crippen molar-refractivity contribution in [2.75, 3.05) is 32.7 Å². The molecule has 1 aromatic heterocycles. The van der Waals surface area contributed by atoms with Crippen LogP contribution in [0.15, 0.2) is 65.5 Å². The maximum Gasteiger partial charge on any atom is 0.252 e. The molecule has 1 aliphatic rings. The minimum Gasteiger partial charge on any atom is -0.322 e. The van der Waals surface area contributed by atoms with Crippen LogP contribution in [0, 0.1) is 5.92 Å². The summed E-state index contributed by atoms with van der Waals surface area (Å²) in [4.78, 5) is 20.4. The largest absolute Gasteiger partial charge is 0.322 e. The van der Waals surface area contributed by atoms with Crippen LogP contribution < -0.4 is 11.3 Å². The summed E-state index contributed by atoms with van der Waals surface area (Å²) in [5.41, 5.74) is 9.62. The molecular weight excluding hydrogens is 396 g/mol. The molecule has 3 N–H and O–H groups in total. The van der Waals surface area contributed by atoms with Gasteiger partial charge in [0.15, 0.2) is 0 Å². The van der Waals surface area contributed by atoms with Gasteiger partial charge in [-0.05, 0) is 48.4 Å². The highest BCUT2D eigenvalue weighted by molar-refractivity contribution is 5.78. The monoisotopic (exact) mass is 432 g/mol. The fraction of sp³-hybridized carbons (Fsp3) is 0.444. The molecule has 2 aromatic carbocycles. The second kappa shape index (κ2) is 9.99. The number of nitrogens with two attached hydrogens (primary N) is 1. The number of nitrogens with zero attached hydrogens (tertiary/aromatic N) is 2. The number of hydrogen-bond acceptors (Lipinski definition) is 4. The van der Waals surface area contributed by atoms with Crippen LogP contribution in [0.2, 0.25) is 0 Å². The van der Waals surface area contributed by atoms with Crippen LogP contribution in [-0.4, -0.2) is 47.5 Å². The highest BCUT2D eigenvalue weighted by Crippen LogP contribution is 2.31. The molecule has 3 aromatic rings. The lowest BCUT2D eigenvalue weighted by atomic mass is 9.77. The Morgan fingerprint density at radius 1 is 0.969 bits per heavy atom. The van der Waals surface area contributed by atoms with E-state index in [0.717, 1.165) is 62.0 Å². The van der Waals surface area contributed by atoms with Crippen molar-refractivity contribution in [1.82, 2.24) is 14.8 Å². The second-order valence-corrected chi connectivity index (χ2v) is 9.49. The van der Waals surface area contributed by atoms with Crippen molar-refractivity contribution < 1.29 is 0 Å². The maximum atomic E-state index is 12.5. The van der Waals surface area contributed by atoms with E-state index in [1.807, 2.05) is 24.3 Å². The number of benzene rings is 2. The summed E-state index contributed by atoms with van der Waals surface area (Å²) < 4.78 is 0. The van der Waals surface area contributed by atoms with Crippen molar-refractivity contribution in [3.8, 4) is 0 Å². The molecule has 5 heteroatoms. The number of fused-ring (bicyclic) bond motifs is 1. The third-order valence-corrected chi connectivity index (χ3v) is 7.10. The highest BCUT2D eigenvalue weighted by Gasteiger charge is 2.30. The molecule has 4 rings (SSSR count). The smallest absolute Gasteiger partial charge is 0.252 e. The zero-order valence-electron chi connectivity index (χ0n) is 19.4. The molecule has 2 heterocycles. The van der Waals surface area contributed by atoms with E-state index in [4.69, 9.17) is 5.73 Å². The summed E-state index contributed by atoms with van der Waals surface area (Å²) in [6.45, 7) is 10.3. The molecule has 0 aliphatic carbocycles. The number of para-hydroxylation sites is 1. The summed E-state index contributed by atoms with van der Waals surface area (Å²) >= 11 is 0. The van der Waals surface area contributed by atoms with E-state index >= 15 is 0 Å². The van der Waals surface area contributed by atoms with Crippen molar-refractivity contribution >= 4 is 10.9 Å². The van der Waals surface area contributed by atoms with Crippen LogP contribution >= 0.6 is 0 Å². The number of hydrogen-bond donors (Lipinski definition) is 2. The van der Waals surface area contributed by atoms with Crippen LogP contribution in [0.25, 0.3) is 10.9 Å². The van der Waals surface area contributed by atoms with Gasteiger partial charge in [-0.3, -0.25) is 9.69 Å². The first-order valence-corrected chi connectivity index (χ1v) is 11.9. The summed E-state index contributed by atoms with van der Waals surface area (Å²) in [5, 5.41) is 1.09. The molecule has 1 saturated heterocycles. The van der Waals surface area contributed by atoms with E-state index < -0.39 is 0 Å². The highest BCUT2D eigenvalue weighted by atomic mass is 16.1. The van der Waals surface area contributed by atoms with E-state index in [9.17, 15) is 4.79 Å². The topological polar surface area (TPSA) is 65.4 Å². The van der Waals surface area contributed by atoms with Crippen LogP contribution in [0.1, 0.15) is 37.8 Å². The van der Waals surface area contributed by atoms with E-state index in [-0.39, 0.29) is 11.1 Å². The van der Waals surface area contributed by atoms with Crippen LogP contribution in [0.4, 0.5) is 0 Å². The Labute approximate surface area is 191 Å². The minimum absolute atomic E-state index is 0.0278. The molecule has 1 fully saturated rings. The Balaban J connectivity index is 1.28. The number of pyridine rings is 1. The molecular formula is C27H36N4O. The number of rotatable bonds is 8. The van der Waals surface area contributed by atoms with Gasteiger partial charge in [0.05, 0.1) is 0 Å². The molecule has 0 spiro atoms. The number of aromatic amines is 1. The summed E-state index contributed by atoms with van der Waals surface area (Å²) in [6.07, 6.45) is 2.08. The third-order valence-electron chi connectivity index (χ3n) is 7.10. The van der Waals surface area contributed by atoms with Gasteiger partial charge in [-0.1, -0.05) is 62.4 Å². The molecule has 1 unspecified atom stereocenters. The minimum atomic E-state index is -0.278. The van der Waals surface area contributed by atoms with Gasteiger partial charge in [0.25, 0.3) is 5.56 Å². The SMILES string of the molecule is CC(C)C(N)(CCCN1CCN(Cc2cc3ccccc3[nH]c2=O)CC1)c1ccccc1. The first-order chi connectivity index (χ1) is 15.5. The average molecular weight is 433 g/mol. The van der Waals surface area contributed by atoms with Crippen molar-refractivity contribution in [2.24, 2.45) is 11.7 Å². The Kier molecular flexibility index (Phi) is 7.09. The predicted molar refractivity (Wildman–Crippen MR) is 133 cm³/mol. The number of aromatic nitrogens is 1. The lowest BCUT2D eigenvalue weighted by Crippen LogP contribution is -2.47. The quantitative estimate of drug-likeness (QED) is 0.566. The first kappa shape index (κ1) is 22.7. The summed E-state index contributed by atoms with van der Waals surface area (Å²) in [7, 11) is 0. The van der Waals surface area contributed by atoms with E-state index in [1.165, 1.54) is 5.56 Å². The Morgan fingerprint density at radius 3 is 2.34 bits per heavy atom. The van der Waals surface area contributed by atoms with Crippen molar-refractivity contribution in [3.63, 3.8) is 0 Å². The standard InChI is InChI=1S/C27H36N4O/c1-21(2)27(28,24-10-4-3-5-11-24)13-8-14-30-15-17-31(18-16-30)20-23-19-22-9-6-7-12-25(22)29-26(23)32/h3-7,9-12,19,21H,8,13-18,20,28H2,1-2H3,(H,29,32). The molecule has 0 bridgehead atoms. The van der Waals surface area contributed by atoms with Crippen molar-refractivity contribution in [2.45, 2.75) is 38.8 Å². The van der Waals surface area contributed by atoms with Gasteiger partial charge in [0.1, 0.15) is 0 Å². The molecule has 5 nitrogen and oxygen atoms in total. The average Bonchev–Trinajstić information content (AvgIpc) is 2.81. The lowest BCUT2D eigenvalue weighted by molar-refractivity contribution is 0.121. The molecule has 1 atom stereocenters. The second-order valence-electron chi connectivity index (χ2n) is 9.49. The third kappa shape index (κ3) is 5.12. The Morgan fingerprint density at radius 2 is 1.62 bits per heavy atom. The van der Waals surface area contributed by atoms with Gasteiger partial charge in [-0.2, -0.15) is 0 Å². The van der Waals surface area contributed by atoms with Crippen LogP contribution in [0.3, 0.4) is 0 Å².